The lowest BCUT2D eigenvalue weighted by atomic mass is 10.5. The first-order chi connectivity index (χ1) is 3.84. The van der Waals surface area contributed by atoms with Gasteiger partial charge in [-0.25, -0.2) is 4.39 Å². The average Bonchev–Trinajstić information content (AvgIpc) is 2.14. The highest BCUT2D eigenvalue weighted by Crippen LogP contribution is 2.04. The summed E-state index contributed by atoms with van der Waals surface area (Å²) in [5, 5.41) is 8.02. The Morgan fingerprint density at radius 3 is 2.75 bits per heavy atom. The zero-order valence-electron chi connectivity index (χ0n) is 3.89. The average molecular weight is 111 g/mol. The summed E-state index contributed by atoms with van der Waals surface area (Å²) in [6, 6.07) is 2.63. The Balaban J connectivity index is 3.15. The van der Waals surface area contributed by atoms with Crippen LogP contribution in [0, 0.1) is 17.1 Å². The minimum absolute atomic E-state index is 0.259. The van der Waals surface area contributed by atoms with Crippen LogP contribution in [0.25, 0.3) is 0 Å². The van der Waals surface area contributed by atoms with E-state index in [4.69, 9.17) is 5.26 Å². The molecule has 0 N–H and O–H groups in total. The molecule has 0 atom stereocenters. The Kier molecular flexibility index (Phi) is 1.01. The fourth-order valence-electron chi connectivity index (χ4n) is 0.374. The first-order valence-corrected chi connectivity index (χ1v) is 1.97. The molecule has 2 nitrogen and oxygen atoms in total. The number of nitrogens with zero attached hydrogens (tertiary/aromatic N) is 1. The van der Waals surface area contributed by atoms with Crippen molar-refractivity contribution in [3.63, 3.8) is 0 Å². The summed E-state index contributed by atoms with van der Waals surface area (Å²) in [6.45, 7) is 0. The Morgan fingerprint density at radius 2 is 2.50 bits per heavy atom. The number of hydrogen-bond donors (Lipinski definition) is 0. The van der Waals surface area contributed by atoms with Gasteiger partial charge in [0, 0.05) is 6.07 Å². The minimum Gasteiger partial charge on any atom is -0.451 e. The van der Waals surface area contributed by atoms with E-state index in [-0.39, 0.29) is 5.76 Å². The molecule has 1 heterocycles. The third-order valence-electron chi connectivity index (χ3n) is 0.719. The molecule has 0 bridgehead atoms. The van der Waals surface area contributed by atoms with E-state index < -0.39 is 5.82 Å². The summed E-state index contributed by atoms with van der Waals surface area (Å²) in [5.74, 6) is -0.863. The van der Waals surface area contributed by atoms with Crippen molar-refractivity contribution >= 4 is 0 Å². The summed E-state index contributed by atoms with van der Waals surface area (Å²) < 4.78 is 16.4. The van der Waals surface area contributed by atoms with Crippen LogP contribution in [0.15, 0.2) is 16.7 Å². The van der Waals surface area contributed by atoms with Gasteiger partial charge in [-0.2, -0.15) is 5.26 Å². The molecular weight excluding hydrogens is 109 g/mol. The second-order valence-corrected chi connectivity index (χ2v) is 1.21. The molecule has 0 amide bonds. The van der Waals surface area contributed by atoms with Crippen LogP contribution in [0.5, 0.6) is 0 Å². The van der Waals surface area contributed by atoms with E-state index in [1.807, 2.05) is 0 Å². The van der Waals surface area contributed by atoms with Crippen LogP contribution in [-0.2, 0) is 0 Å². The van der Waals surface area contributed by atoms with Crippen molar-refractivity contribution in [1.82, 2.24) is 0 Å². The van der Waals surface area contributed by atoms with Crippen LogP contribution >= 0.6 is 0 Å². The van der Waals surface area contributed by atoms with Crippen LogP contribution in [0.2, 0.25) is 0 Å². The predicted molar refractivity (Wildman–Crippen MR) is 23.4 cm³/mol. The number of halogens is 1. The summed E-state index contributed by atoms with van der Waals surface area (Å²) in [6.07, 6.45) is 1.13. The molecule has 1 aromatic rings. The fraction of sp³-hybridized carbons (Fsp3) is 0. The molecule has 0 fully saturated rings. The molecule has 0 saturated heterocycles. The van der Waals surface area contributed by atoms with Gasteiger partial charge < -0.3 is 4.42 Å². The molecule has 0 saturated carbocycles. The van der Waals surface area contributed by atoms with E-state index in [0.717, 1.165) is 12.3 Å². The molecule has 8 heavy (non-hydrogen) atoms. The second-order valence-electron chi connectivity index (χ2n) is 1.21. The van der Waals surface area contributed by atoms with Crippen molar-refractivity contribution in [3.05, 3.63) is 23.9 Å². The Bertz CT molecular complexity index is 223. The van der Waals surface area contributed by atoms with Gasteiger partial charge >= 0.3 is 0 Å². The summed E-state index contributed by atoms with van der Waals surface area (Å²) in [7, 11) is 0. The fourth-order valence-corrected chi connectivity index (χ4v) is 0.374. The van der Waals surface area contributed by atoms with E-state index >= 15 is 0 Å². The maximum absolute atomic E-state index is 12.0. The number of rotatable bonds is 0. The van der Waals surface area contributed by atoms with E-state index in [1.54, 1.807) is 0 Å². The summed E-state index contributed by atoms with van der Waals surface area (Å²) in [4.78, 5) is 0. The van der Waals surface area contributed by atoms with Crippen LogP contribution in [0.4, 0.5) is 4.39 Å². The van der Waals surface area contributed by atoms with Gasteiger partial charge in [0.2, 0.25) is 5.76 Å². The van der Waals surface area contributed by atoms with Gasteiger partial charge in [0.1, 0.15) is 6.07 Å². The highest BCUT2D eigenvalue weighted by atomic mass is 19.1. The van der Waals surface area contributed by atoms with E-state index in [2.05, 4.69) is 4.42 Å². The molecule has 0 aromatic carbocycles. The lowest BCUT2D eigenvalue weighted by Crippen LogP contribution is -1.68. The van der Waals surface area contributed by atoms with E-state index in [0.29, 0.717) is 0 Å². The molecule has 0 spiro atoms. The summed E-state index contributed by atoms with van der Waals surface area (Å²) in [5.41, 5.74) is 0. The molecular formula is C5H2FNO. The molecule has 1 rings (SSSR count). The minimum atomic E-state index is -0.604. The normalized spacial score (nSPS) is 8.50. The van der Waals surface area contributed by atoms with Gasteiger partial charge in [0.25, 0.3) is 0 Å². The topological polar surface area (TPSA) is 36.9 Å². The Morgan fingerprint density at radius 1 is 1.75 bits per heavy atom. The third kappa shape index (κ3) is 0.562. The molecule has 1 aromatic heterocycles. The van der Waals surface area contributed by atoms with Crippen LogP contribution in [0.1, 0.15) is 5.76 Å². The van der Waals surface area contributed by atoms with Crippen molar-refractivity contribution in [1.29, 1.82) is 5.26 Å². The third-order valence-corrected chi connectivity index (χ3v) is 0.719. The van der Waals surface area contributed by atoms with Crippen molar-refractivity contribution < 1.29 is 8.81 Å². The van der Waals surface area contributed by atoms with Gasteiger partial charge in [-0.1, -0.05) is 0 Å². The molecule has 40 valence electrons. The zero-order valence-corrected chi connectivity index (χ0v) is 3.89. The molecule has 0 aliphatic rings. The standard InChI is InChI=1S/C5H2FNO/c6-4-1-2-8-5(4)3-7/h1-2H. The first-order valence-electron chi connectivity index (χ1n) is 1.97. The van der Waals surface area contributed by atoms with Crippen molar-refractivity contribution in [3.8, 4) is 6.07 Å². The molecule has 3 heteroatoms. The van der Waals surface area contributed by atoms with Gasteiger partial charge in [0.15, 0.2) is 5.82 Å². The Labute approximate surface area is 45.1 Å². The largest absolute Gasteiger partial charge is 0.451 e. The van der Waals surface area contributed by atoms with Gasteiger partial charge in [-0.3, -0.25) is 0 Å². The quantitative estimate of drug-likeness (QED) is 0.505. The van der Waals surface area contributed by atoms with Crippen LogP contribution in [0.3, 0.4) is 0 Å². The zero-order chi connectivity index (χ0) is 5.98. The lowest BCUT2D eigenvalue weighted by Gasteiger charge is -1.72. The van der Waals surface area contributed by atoms with Crippen molar-refractivity contribution in [2.24, 2.45) is 0 Å². The molecule has 0 aliphatic heterocycles. The Hall–Kier alpha value is -1.30. The number of nitriles is 1. The lowest BCUT2D eigenvalue weighted by molar-refractivity contribution is 0.517. The second kappa shape index (κ2) is 1.66. The maximum Gasteiger partial charge on any atom is 0.238 e. The maximum atomic E-state index is 12.0. The molecule has 0 unspecified atom stereocenters. The van der Waals surface area contributed by atoms with Gasteiger partial charge in [0.05, 0.1) is 6.26 Å². The smallest absolute Gasteiger partial charge is 0.238 e. The van der Waals surface area contributed by atoms with Gasteiger partial charge in [-0.15, -0.1) is 0 Å². The monoisotopic (exact) mass is 111 g/mol. The number of furan rings is 1. The van der Waals surface area contributed by atoms with Crippen LogP contribution in [-0.4, -0.2) is 0 Å². The highest BCUT2D eigenvalue weighted by Gasteiger charge is 2.00. The SMILES string of the molecule is N#Cc1occc1F. The first kappa shape index (κ1) is 4.85. The van der Waals surface area contributed by atoms with E-state index in [1.165, 1.54) is 6.07 Å². The van der Waals surface area contributed by atoms with Crippen LogP contribution < -0.4 is 0 Å². The number of hydrogen-bond acceptors (Lipinski definition) is 2. The van der Waals surface area contributed by atoms with Crippen molar-refractivity contribution in [2.75, 3.05) is 0 Å². The molecule has 0 aliphatic carbocycles. The summed E-state index contributed by atoms with van der Waals surface area (Å²) >= 11 is 0. The van der Waals surface area contributed by atoms with Crippen molar-refractivity contribution in [2.45, 2.75) is 0 Å². The van der Waals surface area contributed by atoms with Gasteiger partial charge in [-0.05, 0) is 0 Å². The molecule has 0 radical (unpaired) electrons. The van der Waals surface area contributed by atoms with E-state index in [9.17, 15) is 4.39 Å². The predicted octanol–water partition coefficient (Wildman–Crippen LogP) is 1.29. The highest BCUT2D eigenvalue weighted by molar-refractivity contribution is 5.17.